The maximum absolute atomic E-state index is 11.3. The van der Waals surface area contributed by atoms with Crippen LogP contribution in [0.3, 0.4) is 0 Å². The quantitative estimate of drug-likeness (QED) is 0.590. The molecular formula is C9H15OU+. The van der Waals surface area contributed by atoms with Crippen molar-refractivity contribution in [2.45, 2.75) is 20.8 Å². The number of hydrogen-bond acceptors (Lipinski definition) is 1. The van der Waals surface area contributed by atoms with Gasteiger partial charge in [-0.1, -0.05) is 26.7 Å². The minimum atomic E-state index is 0. The molecule has 0 saturated heterocycles. The summed E-state index contributed by atoms with van der Waals surface area (Å²) < 4.78 is 0. The van der Waals surface area contributed by atoms with E-state index in [0.717, 1.165) is 0 Å². The Morgan fingerprint density at radius 1 is 1.18 bits per heavy atom. The van der Waals surface area contributed by atoms with Crippen molar-refractivity contribution >= 4 is 5.78 Å². The molecule has 0 aromatic rings. The molecule has 60 valence electrons. The van der Waals surface area contributed by atoms with Crippen LogP contribution in [0.1, 0.15) is 20.8 Å². The number of carbonyl (C=O) groups is 1. The average Bonchev–Trinajstić information content (AvgIpc) is 2.07. The van der Waals surface area contributed by atoms with Crippen LogP contribution in [0.15, 0.2) is 0 Å². The van der Waals surface area contributed by atoms with Gasteiger partial charge in [-0.15, -0.1) is 5.92 Å². The second-order valence-corrected chi connectivity index (χ2v) is 3.52. The second-order valence-electron chi connectivity index (χ2n) is 3.52. The third-order valence-corrected chi connectivity index (χ3v) is 3.07. The van der Waals surface area contributed by atoms with Crippen LogP contribution in [0.2, 0.25) is 0 Å². The molecule has 4 atom stereocenters. The van der Waals surface area contributed by atoms with Crippen molar-refractivity contribution < 1.29 is 35.9 Å². The fraction of sp³-hybridized carbons (Fsp3) is 0.778. The monoisotopic (exact) mass is 377 g/mol. The Bertz CT molecular complexity index is 140. The summed E-state index contributed by atoms with van der Waals surface area (Å²) in [5, 5.41) is 0. The van der Waals surface area contributed by atoms with E-state index in [4.69, 9.17) is 0 Å². The minimum Gasteiger partial charge on any atom is -0.333 e. The summed E-state index contributed by atoms with van der Waals surface area (Å²) in [5.74, 6) is 1.62. The molecule has 1 nitrogen and oxygen atoms in total. The molecule has 0 amide bonds. The predicted octanol–water partition coefficient (Wildman–Crippen LogP) is 1.93. The summed E-state index contributed by atoms with van der Waals surface area (Å²) in [6.45, 7) is 10.1. The summed E-state index contributed by atoms with van der Waals surface area (Å²) in [5.41, 5.74) is 0. The molecule has 1 fully saturated rings. The molecule has 2 heteroatoms. The van der Waals surface area contributed by atoms with Gasteiger partial charge in [0, 0.05) is 5.92 Å². The fourth-order valence-corrected chi connectivity index (χ4v) is 1.68. The van der Waals surface area contributed by atoms with Crippen LogP contribution in [0, 0.1) is 61.7 Å². The third kappa shape index (κ3) is 1.90. The molecule has 0 aliphatic heterocycles. The summed E-state index contributed by atoms with van der Waals surface area (Å²) in [6.07, 6.45) is 0. The number of rotatable bonds is 0. The van der Waals surface area contributed by atoms with E-state index >= 15 is 0 Å². The van der Waals surface area contributed by atoms with Crippen LogP contribution in [0.25, 0.3) is 0 Å². The van der Waals surface area contributed by atoms with Gasteiger partial charge in [-0.2, -0.15) is 0 Å². The van der Waals surface area contributed by atoms with E-state index in [1.54, 1.807) is 0 Å². The number of carbonyl (C=O) groups excluding carboxylic acids is 1. The van der Waals surface area contributed by atoms with Gasteiger partial charge in [0.1, 0.15) is 5.78 Å². The first-order valence-electron chi connectivity index (χ1n) is 3.92. The van der Waals surface area contributed by atoms with Crippen LogP contribution in [0.4, 0.5) is 0 Å². The Balaban J connectivity index is 0.000001000. The molecule has 0 aromatic heterocycles. The standard InChI is InChI=1S/C9H15O.U/c1-5-6(2)8(4)9(10)7(5)3;/h5-8H,3H2,1-2,4H3;/q-1;+2. The van der Waals surface area contributed by atoms with Gasteiger partial charge in [0.05, 0.1) is 0 Å². The zero-order chi connectivity index (χ0) is 7.89. The first kappa shape index (κ1) is 11.7. The summed E-state index contributed by atoms with van der Waals surface area (Å²) in [7, 11) is 0. The topological polar surface area (TPSA) is 17.1 Å². The molecule has 11 heavy (non-hydrogen) atoms. The zero-order valence-electron chi connectivity index (χ0n) is 7.42. The minimum absolute atomic E-state index is 0. The van der Waals surface area contributed by atoms with Gasteiger partial charge in [0.15, 0.2) is 0 Å². The molecule has 0 heterocycles. The Morgan fingerprint density at radius 2 is 1.64 bits per heavy atom. The smallest absolute Gasteiger partial charge is 0.333 e. The van der Waals surface area contributed by atoms with Crippen molar-refractivity contribution in [1.29, 1.82) is 0 Å². The van der Waals surface area contributed by atoms with E-state index < -0.39 is 0 Å². The normalized spacial score (nSPS) is 43.8. The number of ketones is 1. The second kappa shape index (κ2) is 4.10. The van der Waals surface area contributed by atoms with Crippen LogP contribution < -0.4 is 0 Å². The average molecular weight is 377 g/mol. The Labute approximate surface area is 92.7 Å². The van der Waals surface area contributed by atoms with Crippen molar-refractivity contribution in [2.24, 2.45) is 23.7 Å². The van der Waals surface area contributed by atoms with Gasteiger partial charge < -0.3 is 11.7 Å². The van der Waals surface area contributed by atoms with Crippen molar-refractivity contribution in [3.63, 3.8) is 0 Å². The van der Waals surface area contributed by atoms with Crippen LogP contribution in [-0.2, 0) is 4.79 Å². The van der Waals surface area contributed by atoms with Crippen LogP contribution in [-0.4, -0.2) is 5.78 Å². The number of Topliss-reactive ketones (excluding diaryl/α,β-unsaturated/α-hetero) is 1. The van der Waals surface area contributed by atoms with E-state index in [0.29, 0.717) is 17.6 Å². The largest absolute Gasteiger partial charge is 2.00 e. The predicted molar refractivity (Wildman–Crippen MR) is 41.3 cm³/mol. The molecule has 1 aliphatic carbocycles. The summed E-state index contributed by atoms with van der Waals surface area (Å²) >= 11 is 0. The molecule has 0 spiro atoms. The first-order chi connectivity index (χ1) is 4.55. The molecular weight excluding hydrogens is 362 g/mol. The first-order valence-corrected chi connectivity index (χ1v) is 3.92. The Hall–Kier alpha value is 0.722. The Morgan fingerprint density at radius 3 is 1.73 bits per heavy atom. The van der Waals surface area contributed by atoms with Crippen molar-refractivity contribution in [3.05, 3.63) is 6.92 Å². The fourth-order valence-electron chi connectivity index (χ4n) is 1.68. The summed E-state index contributed by atoms with van der Waals surface area (Å²) in [6, 6.07) is 0. The van der Waals surface area contributed by atoms with Gasteiger partial charge in [0.25, 0.3) is 0 Å². The van der Waals surface area contributed by atoms with Crippen molar-refractivity contribution in [3.8, 4) is 0 Å². The van der Waals surface area contributed by atoms with E-state index in [-0.39, 0.29) is 42.9 Å². The molecule has 4 unspecified atom stereocenters. The maximum Gasteiger partial charge on any atom is 2.00 e. The van der Waals surface area contributed by atoms with Gasteiger partial charge in [-0.3, -0.25) is 0 Å². The van der Waals surface area contributed by atoms with E-state index in [9.17, 15) is 4.79 Å². The van der Waals surface area contributed by atoms with E-state index in [1.807, 2.05) is 6.92 Å². The maximum atomic E-state index is 11.3. The molecule has 1 aliphatic rings. The van der Waals surface area contributed by atoms with Gasteiger partial charge in [-0.05, 0) is 5.92 Å². The summed E-state index contributed by atoms with van der Waals surface area (Å²) in [4.78, 5) is 11.3. The molecule has 1 saturated carbocycles. The van der Waals surface area contributed by atoms with Gasteiger partial charge >= 0.3 is 31.1 Å². The van der Waals surface area contributed by atoms with Gasteiger partial charge in [-0.25, -0.2) is 0 Å². The molecule has 0 N–H and O–H groups in total. The number of hydrogen-bond donors (Lipinski definition) is 0. The SMILES string of the molecule is [CH2-]C1C(=O)C(C)C(C)C1C.[U+2]. The zero-order valence-corrected chi connectivity index (χ0v) is 11.6. The van der Waals surface area contributed by atoms with Gasteiger partial charge in [0.2, 0.25) is 0 Å². The van der Waals surface area contributed by atoms with Crippen molar-refractivity contribution in [2.75, 3.05) is 0 Å². The van der Waals surface area contributed by atoms with Crippen molar-refractivity contribution in [1.82, 2.24) is 0 Å². The molecule has 0 aromatic carbocycles. The third-order valence-electron chi connectivity index (χ3n) is 3.07. The Kier molecular flexibility index (Phi) is 4.37. The van der Waals surface area contributed by atoms with E-state index in [1.165, 1.54) is 0 Å². The molecule has 0 bridgehead atoms. The van der Waals surface area contributed by atoms with Crippen LogP contribution >= 0.6 is 0 Å². The molecule has 1 rings (SSSR count). The van der Waals surface area contributed by atoms with Crippen LogP contribution in [0.5, 0.6) is 0 Å². The molecule has 0 radical (unpaired) electrons. The van der Waals surface area contributed by atoms with E-state index in [2.05, 4.69) is 20.8 Å².